The number of guanidine groups is 1. The predicted molar refractivity (Wildman–Crippen MR) is 137 cm³/mol. The molecule has 0 saturated heterocycles. The van der Waals surface area contributed by atoms with Gasteiger partial charge < -0.3 is 20.7 Å². The van der Waals surface area contributed by atoms with E-state index in [0.717, 1.165) is 49.7 Å². The maximum Gasteiger partial charge on any atom is 0.258 e. The van der Waals surface area contributed by atoms with E-state index in [9.17, 15) is 4.79 Å². The number of rotatable bonds is 11. The van der Waals surface area contributed by atoms with E-state index in [-0.39, 0.29) is 36.5 Å². The molecule has 0 radical (unpaired) electrons. The highest BCUT2D eigenvalue weighted by Crippen LogP contribution is 2.18. The smallest absolute Gasteiger partial charge is 0.258 e. The Balaban J connectivity index is 0.00000341. The number of aliphatic imine (C=N–C) groups is 1. The Kier molecular flexibility index (Phi) is 11.1. The van der Waals surface area contributed by atoms with Crippen LogP contribution < -0.4 is 20.7 Å². The Morgan fingerprint density at radius 2 is 2.00 bits per heavy atom. The normalized spacial score (nSPS) is 13.3. The number of benzene rings is 1. The van der Waals surface area contributed by atoms with Crippen LogP contribution in [0, 0.1) is 6.92 Å². The Morgan fingerprint density at radius 3 is 2.65 bits per heavy atom. The van der Waals surface area contributed by atoms with Gasteiger partial charge in [0.1, 0.15) is 5.75 Å². The first-order valence-electron chi connectivity index (χ1n) is 10.6. The zero-order valence-electron chi connectivity index (χ0n) is 18.1. The van der Waals surface area contributed by atoms with Gasteiger partial charge in [-0.25, -0.2) is 4.98 Å². The number of hydrogen-bond donors (Lipinski definition) is 3. The SMILES string of the molecule is CCNC(=NCCc1ncc(C)s1)NCCc1ccc(OCC(=O)NC2CC2)cc1.I. The fourth-order valence-electron chi connectivity index (χ4n) is 2.85. The van der Waals surface area contributed by atoms with Crippen LogP contribution in [0.4, 0.5) is 0 Å². The summed E-state index contributed by atoms with van der Waals surface area (Å²) in [5.74, 6) is 1.49. The molecule has 7 nitrogen and oxygen atoms in total. The second-order valence-corrected chi connectivity index (χ2v) is 8.65. The third-order valence-corrected chi connectivity index (χ3v) is 5.52. The van der Waals surface area contributed by atoms with Crippen LogP contribution in [0.3, 0.4) is 0 Å². The molecule has 1 aromatic heterocycles. The third kappa shape index (κ3) is 9.86. The number of amides is 1. The van der Waals surface area contributed by atoms with Gasteiger partial charge in [-0.2, -0.15) is 0 Å². The molecule has 170 valence electrons. The van der Waals surface area contributed by atoms with E-state index in [1.807, 2.05) is 30.5 Å². The molecule has 1 amide bonds. The van der Waals surface area contributed by atoms with Crippen molar-refractivity contribution in [3.63, 3.8) is 0 Å². The standard InChI is InChI=1S/C22H31N5O2S.HI/c1-3-23-22(25-13-11-21-26-14-16(2)30-21)24-12-10-17-4-8-19(9-5-17)29-15-20(28)27-18-6-7-18;/h4-5,8-9,14,18H,3,6-7,10-13,15H2,1-2H3,(H,27,28)(H2,23,24,25);1H. The van der Waals surface area contributed by atoms with E-state index in [0.29, 0.717) is 18.3 Å². The number of thiazole rings is 1. The molecule has 1 aliphatic rings. The van der Waals surface area contributed by atoms with Crippen molar-refractivity contribution < 1.29 is 9.53 Å². The van der Waals surface area contributed by atoms with E-state index in [1.54, 1.807) is 11.3 Å². The second-order valence-electron chi connectivity index (χ2n) is 7.33. The van der Waals surface area contributed by atoms with Crippen LogP contribution in [0.2, 0.25) is 0 Å². The molecule has 1 aromatic carbocycles. The lowest BCUT2D eigenvalue weighted by molar-refractivity contribution is -0.123. The fraction of sp³-hybridized carbons (Fsp3) is 0.500. The minimum Gasteiger partial charge on any atom is -0.484 e. The molecule has 1 fully saturated rings. The molecule has 9 heteroatoms. The van der Waals surface area contributed by atoms with E-state index < -0.39 is 0 Å². The molecule has 3 rings (SSSR count). The first kappa shape index (κ1) is 25.4. The molecule has 0 aliphatic heterocycles. The third-order valence-electron chi connectivity index (χ3n) is 4.55. The first-order valence-corrected chi connectivity index (χ1v) is 11.4. The largest absolute Gasteiger partial charge is 0.484 e. The number of carbonyl (C=O) groups is 1. The number of aryl methyl sites for hydroxylation is 1. The summed E-state index contributed by atoms with van der Waals surface area (Å²) >= 11 is 1.73. The van der Waals surface area contributed by atoms with Crippen molar-refractivity contribution in [3.05, 3.63) is 45.9 Å². The number of carbonyl (C=O) groups excluding carboxylic acids is 1. The highest BCUT2D eigenvalue weighted by Gasteiger charge is 2.23. The van der Waals surface area contributed by atoms with Gasteiger partial charge in [-0.15, -0.1) is 35.3 Å². The van der Waals surface area contributed by atoms with Crippen LogP contribution in [0.15, 0.2) is 35.5 Å². The van der Waals surface area contributed by atoms with Crippen molar-refractivity contribution in [3.8, 4) is 5.75 Å². The molecule has 31 heavy (non-hydrogen) atoms. The van der Waals surface area contributed by atoms with Gasteiger partial charge in [0.2, 0.25) is 0 Å². The maximum atomic E-state index is 11.7. The maximum absolute atomic E-state index is 11.7. The van der Waals surface area contributed by atoms with Gasteiger partial charge in [0, 0.05) is 43.2 Å². The van der Waals surface area contributed by atoms with E-state index >= 15 is 0 Å². The average molecular weight is 558 g/mol. The lowest BCUT2D eigenvalue weighted by Gasteiger charge is -2.11. The van der Waals surface area contributed by atoms with Gasteiger partial charge in [0.25, 0.3) is 5.91 Å². The van der Waals surface area contributed by atoms with Gasteiger partial charge in [0.05, 0.1) is 5.01 Å². The first-order chi connectivity index (χ1) is 14.6. The minimum atomic E-state index is -0.0500. The summed E-state index contributed by atoms with van der Waals surface area (Å²) in [5.41, 5.74) is 1.20. The van der Waals surface area contributed by atoms with Gasteiger partial charge in [-0.3, -0.25) is 9.79 Å². The number of aromatic nitrogens is 1. The minimum absolute atomic E-state index is 0. The fourth-order valence-corrected chi connectivity index (χ4v) is 3.62. The number of ether oxygens (including phenoxy) is 1. The lowest BCUT2D eigenvalue weighted by Crippen LogP contribution is -2.38. The highest BCUT2D eigenvalue weighted by molar-refractivity contribution is 14.0. The molecule has 1 saturated carbocycles. The molecule has 0 unspecified atom stereocenters. The summed E-state index contributed by atoms with van der Waals surface area (Å²) < 4.78 is 5.55. The Hall–Kier alpha value is -1.88. The second kappa shape index (κ2) is 13.5. The molecule has 2 aromatic rings. The van der Waals surface area contributed by atoms with Crippen LogP contribution in [0.25, 0.3) is 0 Å². The molecule has 1 aliphatic carbocycles. The van der Waals surface area contributed by atoms with Crippen LogP contribution in [-0.4, -0.2) is 49.1 Å². The number of nitrogens with one attached hydrogen (secondary N) is 3. The van der Waals surface area contributed by atoms with Crippen LogP contribution >= 0.6 is 35.3 Å². The van der Waals surface area contributed by atoms with E-state index in [2.05, 4.69) is 39.8 Å². The summed E-state index contributed by atoms with van der Waals surface area (Å²) in [5, 5.41) is 10.7. The van der Waals surface area contributed by atoms with Crippen molar-refractivity contribution >= 4 is 47.2 Å². The quantitative estimate of drug-likeness (QED) is 0.225. The molecular weight excluding hydrogens is 525 g/mol. The van der Waals surface area contributed by atoms with Gasteiger partial charge in [-0.1, -0.05) is 12.1 Å². The van der Waals surface area contributed by atoms with Crippen LogP contribution in [0.5, 0.6) is 5.75 Å². The monoisotopic (exact) mass is 557 g/mol. The molecular formula is C22H32IN5O2S. The van der Waals surface area contributed by atoms with Gasteiger partial charge >= 0.3 is 0 Å². The van der Waals surface area contributed by atoms with Crippen molar-refractivity contribution in [2.75, 3.05) is 26.2 Å². The Morgan fingerprint density at radius 1 is 1.23 bits per heavy atom. The zero-order chi connectivity index (χ0) is 21.2. The molecule has 0 spiro atoms. The van der Waals surface area contributed by atoms with Crippen LogP contribution in [0.1, 0.15) is 35.2 Å². The molecule has 1 heterocycles. The Bertz CT molecular complexity index is 837. The summed E-state index contributed by atoms with van der Waals surface area (Å²) in [6.07, 6.45) is 5.81. The van der Waals surface area contributed by atoms with Gasteiger partial charge in [0.15, 0.2) is 12.6 Å². The zero-order valence-corrected chi connectivity index (χ0v) is 21.3. The van der Waals surface area contributed by atoms with E-state index in [1.165, 1.54) is 10.4 Å². The summed E-state index contributed by atoms with van der Waals surface area (Å²) in [6.45, 7) is 6.52. The summed E-state index contributed by atoms with van der Waals surface area (Å²) in [6, 6.07) is 8.25. The van der Waals surface area contributed by atoms with Crippen molar-refractivity contribution in [2.45, 2.75) is 45.6 Å². The van der Waals surface area contributed by atoms with Crippen LogP contribution in [-0.2, 0) is 17.6 Å². The predicted octanol–water partition coefficient (Wildman–Crippen LogP) is 3.07. The van der Waals surface area contributed by atoms with Gasteiger partial charge in [-0.05, 0) is 50.8 Å². The van der Waals surface area contributed by atoms with E-state index in [4.69, 9.17) is 4.74 Å². The van der Waals surface area contributed by atoms with Crippen molar-refractivity contribution in [2.24, 2.45) is 4.99 Å². The molecule has 3 N–H and O–H groups in total. The topological polar surface area (TPSA) is 87.6 Å². The lowest BCUT2D eigenvalue weighted by atomic mass is 10.1. The highest BCUT2D eigenvalue weighted by atomic mass is 127. The summed E-state index contributed by atoms with van der Waals surface area (Å²) in [4.78, 5) is 21.9. The number of nitrogens with zero attached hydrogens (tertiary/aromatic N) is 2. The molecule has 0 atom stereocenters. The van der Waals surface area contributed by atoms with Crippen molar-refractivity contribution in [1.29, 1.82) is 0 Å². The number of halogens is 1. The average Bonchev–Trinajstić information content (AvgIpc) is 3.45. The Labute approximate surface area is 205 Å². The molecule has 0 bridgehead atoms. The van der Waals surface area contributed by atoms with Crippen molar-refractivity contribution in [1.82, 2.24) is 20.9 Å². The number of hydrogen-bond acceptors (Lipinski definition) is 5. The summed E-state index contributed by atoms with van der Waals surface area (Å²) in [7, 11) is 0.